The van der Waals surface area contributed by atoms with E-state index in [1.807, 2.05) is 25.2 Å². The van der Waals surface area contributed by atoms with Gasteiger partial charge in [-0.25, -0.2) is 0 Å². The lowest BCUT2D eigenvalue weighted by atomic mass is 10.2. The van der Waals surface area contributed by atoms with Crippen molar-refractivity contribution in [3.63, 3.8) is 0 Å². The number of rotatable bonds is 6. The molecule has 0 aliphatic carbocycles. The molecule has 0 heterocycles. The van der Waals surface area contributed by atoms with Crippen molar-refractivity contribution in [2.75, 3.05) is 27.7 Å². The number of nitrogens with zero attached hydrogens (tertiary/aromatic N) is 1. The Morgan fingerprint density at radius 3 is 2.83 bits per heavy atom. The molecule has 0 aromatic heterocycles. The number of ether oxygens (including phenoxy) is 1. The van der Waals surface area contributed by atoms with Gasteiger partial charge in [-0.1, -0.05) is 15.9 Å². The Bertz CT molecular complexity index is 410. The molecule has 0 radical (unpaired) electrons. The Hall–Kier alpha value is -1.07. The maximum absolute atomic E-state index is 11.8. The molecule has 1 amide bonds. The normalized spacial score (nSPS) is 10.2. The molecule has 1 rings (SSSR count). The van der Waals surface area contributed by atoms with Crippen molar-refractivity contribution in [3.05, 3.63) is 28.2 Å². The largest absolute Gasteiger partial charge is 0.496 e. The van der Waals surface area contributed by atoms with Crippen LogP contribution >= 0.6 is 15.9 Å². The van der Waals surface area contributed by atoms with E-state index in [1.54, 1.807) is 19.1 Å². The zero-order valence-electron chi connectivity index (χ0n) is 11.0. The summed E-state index contributed by atoms with van der Waals surface area (Å²) in [6, 6.07) is 5.79. The van der Waals surface area contributed by atoms with Crippen molar-refractivity contribution in [2.24, 2.45) is 0 Å². The van der Waals surface area contributed by atoms with Gasteiger partial charge in [-0.3, -0.25) is 4.79 Å². The number of hydrogen-bond donors (Lipinski definition) is 1. The molecule has 0 aliphatic heterocycles. The molecule has 1 aromatic rings. The van der Waals surface area contributed by atoms with Crippen molar-refractivity contribution in [1.29, 1.82) is 0 Å². The van der Waals surface area contributed by atoms with Crippen LogP contribution < -0.4 is 10.1 Å². The van der Waals surface area contributed by atoms with Crippen LogP contribution in [0.4, 0.5) is 0 Å². The highest BCUT2D eigenvalue weighted by Crippen LogP contribution is 2.24. The van der Waals surface area contributed by atoms with Crippen LogP contribution in [-0.4, -0.2) is 38.6 Å². The summed E-state index contributed by atoms with van der Waals surface area (Å²) in [6.07, 6.45) is 0.503. The quantitative estimate of drug-likeness (QED) is 0.873. The van der Waals surface area contributed by atoms with Crippen molar-refractivity contribution in [1.82, 2.24) is 10.2 Å². The Morgan fingerprint density at radius 1 is 1.50 bits per heavy atom. The average Bonchev–Trinajstić information content (AvgIpc) is 2.36. The van der Waals surface area contributed by atoms with E-state index in [0.717, 1.165) is 15.8 Å². The first-order valence-electron chi connectivity index (χ1n) is 5.79. The summed E-state index contributed by atoms with van der Waals surface area (Å²) >= 11 is 3.43. The van der Waals surface area contributed by atoms with Gasteiger partial charge in [-0.15, -0.1) is 0 Å². The van der Waals surface area contributed by atoms with E-state index in [1.165, 1.54) is 0 Å². The van der Waals surface area contributed by atoms with Crippen LogP contribution in [0.5, 0.6) is 5.75 Å². The second-order valence-corrected chi connectivity index (χ2v) is 4.98. The maximum Gasteiger partial charge on any atom is 0.223 e. The van der Waals surface area contributed by atoms with Crippen LogP contribution in [0.2, 0.25) is 0 Å². The third kappa shape index (κ3) is 4.31. The Balaban J connectivity index is 2.71. The lowest BCUT2D eigenvalue weighted by Gasteiger charge is -2.19. The molecule has 0 aliphatic rings. The van der Waals surface area contributed by atoms with E-state index in [2.05, 4.69) is 21.2 Å². The lowest BCUT2D eigenvalue weighted by molar-refractivity contribution is -0.130. The molecule has 0 bridgehead atoms. The summed E-state index contributed by atoms with van der Waals surface area (Å²) in [5.41, 5.74) is 0.993. The van der Waals surface area contributed by atoms with Gasteiger partial charge >= 0.3 is 0 Å². The molecule has 0 unspecified atom stereocenters. The van der Waals surface area contributed by atoms with Crippen LogP contribution in [0.3, 0.4) is 0 Å². The summed E-state index contributed by atoms with van der Waals surface area (Å²) in [6.45, 7) is 1.24. The molecular formula is C13H19BrN2O2. The smallest absolute Gasteiger partial charge is 0.223 e. The van der Waals surface area contributed by atoms with Crippen LogP contribution in [0.25, 0.3) is 0 Å². The molecule has 18 heavy (non-hydrogen) atoms. The van der Waals surface area contributed by atoms with Gasteiger partial charge in [-0.2, -0.15) is 0 Å². The molecule has 1 N–H and O–H groups in total. The second-order valence-electron chi connectivity index (χ2n) is 4.06. The molecule has 0 fully saturated rings. The molecule has 0 atom stereocenters. The predicted molar refractivity (Wildman–Crippen MR) is 75.7 cm³/mol. The van der Waals surface area contributed by atoms with Crippen LogP contribution in [-0.2, 0) is 11.3 Å². The third-order valence-corrected chi connectivity index (χ3v) is 3.16. The average molecular weight is 315 g/mol. The molecule has 0 saturated carbocycles. The first-order valence-corrected chi connectivity index (χ1v) is 6.58. The number of halogens is 1. The zero-order valence-corrected chi connectivity index (χ0v) is 12.6. The van der Waals surface area contributed by atoms with Gasteiger partial charge in [0.2, 0.25) is 5.91 Å². The fourth-order valence-electron chi connectivity index (χ4n) is 1.64. The Labute approximate surface area is 116 Å². The van der Waals surface area contributed by atoms with Crippen molar-refractivity contribution in [3.8, 4) is 5.75 Å². The highest BCUT2D eigenvalue weighted by molar-refractivity contribution is 9.10. The van der Waals surface area contributed by atoms with E-state index < -0.39 is 0 Å². The van der Waals surface area contributed by atoms with Gasteiger partial charge in [0, 0.05) is 36.6 Å². The van der Waals surface area contributed by atoms with E-state index >= 15 is 0 Å². The summed E-state index contributed by atoms with van der Waals surface area (Å²) in [5.74, 6) is 0.915. The SMILES string of the molecule is CNCCC(=O)N(C)Cc1cc(Br)ccc1OC. The van der Waals surface area contributed by atoms with Crippen molar-refractivity contribution >= 4 is 21.8 Å². The Morgan fingerprint density at radius 2 is 2.22 bits per heavy atom. The van der Waals surface area contributed by atoms with Crippen LogP contribution in [0.15, 0.2) is 22.7 Å². The van der Waals surface area contributed by atoms with Gasteiger partial charge in [0.05, 0.1) is 7.11 Å². The number of nitrogens with one attached hydrogen (secondary N) is 1. The standard InChI is InChI=1S/C13H19BrN2O2/c1-15-7-6-13(17)16(2)9-10-8-11(14)4-5-12(10)18-3/h4-5,8,15H,6-7,9H2,1-3H3. The molecule has 1 aromatic carbocycles. The first kappa shape index (κ1) is 15.0. The summed E-state index contributed by atoms with van der Waals surface area (Å²) in [4.78, 5) is 13.5. The minimum absolute atomic E-state index is 0.117. The third-order valence-electron chi connectivity index (χ3n) is 2.66. The molecule has 100 valence electrons. The van der Waals surface area contributed by atoms with E-state index in [9.17, 15) is 4.79 Å². The number of benzene rings is 1. The number of carbonyl (C=O) groups is 1. The molecule has 0 spiro atoms. The second kappa shape index (κ2) is 7.38. The van der Waals surface area contributed by atoms with Gasteiger partial charge in [0.1, 0.15) is 5.75 Å². The van der Waals surface area contributed by atoms with Gasteiger partial charge < -0.3 is 15.0 Å². The van der Waals surface area contributed by atoms with Crippen LogP contribution in [0, 0.1) is 0 Å². The van der Waals surface area contributed by atoms with Crippen molar-refractivity contribution in [2.45, 2.75) is 13.0 Å². The number of amides is 1. The van der Waals surface area contributed by atoms with E-state index in [4.69, 9.17) is 4.74 Å². The minimum atomic E-state index is 0.117. The number of carbonyl (C=O) groups excluding carboxylic acids is 1. The predicted octanol–water partition coefficient (Wildman–Crippen LogP) is 2.03. The first-order chi connectivity index (χ1) is 8.58. The molecular weight excluding hydrogens is 296 g/mol. The highest BCUT2D eigenvalue weighted by atomic mass is 79.9. The number of methoxy groups -OCH3 is 1. The fourth-order valence-corrected chi connectivity index (χ4v) is 2.05. The summed E-state index contributed by atoms with van der Waals surface area (Å²) in [7, 11) is 5.28. The minimum Gasteiger partial charge on any atom is -0.496 e. The molecule has 0 saturated heterocycles. The highest BCUT2D eigenvalue weighted by Gasteiger charge is 2.11. The zero-order chi connectivity index (χ0) is 13.5. The van der Waals surface area contributed by atoms with Gasteiger partial charge in [-0.05, 0) is 25.2 Å². The monoisotopic (exact) mass is 314 g/mol. The Kier molecular flexibility index (Phi) is 6.15. The number of hydrogen-bond acceptors (Lipinski definition) is 3. The van der Waals surface area contributed by atoms with Gasteiger partial charge in [0.25, 0.3) is 0 Å². The fraction of sp³-hybridized carbons (Fsp3) is 0.462. The van der Waals surface area contributed by atoms with E-state index in [-0.39, 0.29) is 5.91 Å². The maximum atomic E-state index is 11.8. The topological polar surface area (TPSA) is 41.6 Å². The van der Waals surface area contributed by atoms with Crippen LogP contribution in [0.1, 0.15) is 12.0 Å². The molecule has 5 heteroatoms. The summed E-state index contributed by atoms with van der Waals surface area (Å²) in [5, 5.41) is 2.97. The lowest BCUT2D eigenvalue weighted by Crippen LogP contribution is -2.28. The van der Waals surface area contributed by atoms with Gasteiger partial charge in [0.15, 0.2) is 0 Å². The van der Waals surface area contributed by atoms with Crippen molar-refractivity contribution < 1.29 is 9.53 Å². The van der Waals surface area contributed by atoms with E-state index in [0.29, 0.717) is 19.5 Å². The summed E-state index contributed by atoms with van der Waals surface area (Å²) < 4.78 is 6.27. The molecule has 4 nitrogen and oxygen atoms in total.